The van der Waals surface area contributed by atoms with Crippen molar-refractivity contribution in [3.8, 4) is 0 Å². The van der Waals surface area contributed by atoms with Crippen LogP contribution < -0.4 is 5.32 Å². The second-order valence-electron chi connectivity index (χ2n) is 5.16. The van der Waals surface area contributed by atoms with Gasteiger partial charge in [0, 0.05) is 30.2 Å². The molecular weight excluding hydrogens is 251 g/mol. The normalized spacial score (nSPS) is 26.0. The first-order chi connectivity index (χ1) is 8.56. The molecule has 2 rings (SSSR count). The third-order valence-corrected chi connectivity index (χ3v) is 3.94. The van der Waals surface area contributed by atoms with Crippen LogP contribution in [0.15, 0.2) is 18.2 Å². The Morgan fingerprint density at radius 1 is 1.44 bits per heavy atom. The largest absolute Gasteiger partial charge is 0.313 e. The van der Waals surface area contributed by atoms with Crippen LogP contribution in [0.1, 0.15) is 25.8 Å². The molecule has 0 spiro atoms. The summed E-state index contributed by atoms with van der Waals surface area (Å²) in [6.45, 7) is 7.11. The summed E-state index contributed by atoms with van der Waals surface area (Å²) >= 11 is 6.13. The lowest BCUT2D eigenvalue weighted by Gasteiger charge is -2.28. The van der Waals surface area contributed by atoms with Crippen molar-refractivity contribution < 1.29 is 4.39 Å². The van der Waals surface area contributed by atoms with Crippen molar-refractivity contribution in [3.05, 3.63) is 34.6 Å². The monoisotopic (exact) mass is 270 g/mol. The van der Waals surface area contributed by atoms with E-state index in [-0.39, 0.29) is 5.82 Å². The molecule has 1 N–H and O–H groups in total. The van der Waals surface area contributed by atoms with Crippen LogP contribution in [0.5, 0.6) is 0 Å². The van der Waals surface area contributed by atoms with Gasteiger partial charge in [-0.2, -0.15) is 0 Å². The summed E-state index contributed by atoms with van der Waals surface area (Å²) in [6, 6.07) is 5.53. The van der Waals surface area contributed by atoms with Gasteiger partial charge in [0.25, 0.3) is 0 Å². The fraction of sp³-hybridized carbons (Fsp3) is 0.571. The second kappa shape index (κ2) is 6.00. The highest BCUT2D eigenvalue weighted by atomic mass is 35.5. The Morgan fingerprint density at radius 3 is 3.00 bits per heavy atom. The van der Waals surface area contributed by atoms with E-state index in [2.05, 4.69) is 24.1 Å². The summed E-state index contributed by atoms with van der Waals surface area (Å²) < 4.78 is 13.3. The average molecular weight is 271 g/mol. The smallest absolute Gasteiger partial charge is 0.123 e. The Kier molecular flexibility index (Phi) is 4.60. The fourth-order valence-electron chi connectivity index (χ4n) is 2.42. The number of rotatable bonds is 2. The molecule has 0 aromatic heterocycles. The molecule has 2 nitrogen and oxygen atoms in total. The van der Waals surface area contributed by atoms with Crippen molar-refractivity contribution in [1.82, 2.24) is 10.2 Å². The maximum atomic E-state index is 13.3. The fourth-order valence-corrected chi connectivity index (χ4v) is 2.60. The van der Waals surface area contributed by atoms with E-state index < -0.39 is 0 Å². The number of benzene rings is 1. The van der Waals surface area contributed by atoms with Crippen molar-refractivity contribution in [3.63, 3.8) is 0 Å². The minimum atomic E-state index is -0.219. The van der Waals surface area contributed by atoms with Gasteiger partial charge in [-0.25, -0.2) is 4.39 Å². The topological polar surface area (TPSA) is 15.3 Å². The summed E-state index contributed by atoms with van der Waals surface area (Å²) in [6.07, 6.45) is 1.11. The number of nitrogens with one attached hydrogen (secondary N) is 1. The molecule has 1 fully saturated rings. The van der Waals surface area contributed by atoms with E-state index in [0.717, 1.165) is 25.1 Å². The highest BCUT2D eigenvalue weighted by Gasteiger charge is 2.21. The molecule has 1 aromatic rings. The lowest BCUT2D eigenvalue weighted by Crippen LogP contribution is -2.38. The molecule has 100 valence electrons. The minimum Gasteiger partial charge on any atom is -0.313 e. The molecule has 2 unspecified atom stereocenters. The van der Waals surface area contributed by atoms with Crippen LogP contribution in [-0.2, 0) is 6.54 Å². The molecule has 0 radical (unpaired) electrons. The van der Waals surface area contributed by atoms with Crippen molar-refractivity contribution in [1.29, 1.82) is 0 Å². The van der Waals surface area contributed by atoms with Crippen LogP contribution in [0.3, 0.4) is 0 Å². The van der Waals surface area contributed by atoms with E-state index in [1.54, 1.807) is 6.07 Å². The Labute approximate surface area is 113 Å². The third kappa shape index (κ3) is 3.44. The van der Waals surface area contributed by atoms with E-state index in [9.17, 15) is 4.39 Å². The SMILES string of the molecule is CC1CN(Cc2cc(F)ccc2Cl)C(C)CCN1. The molecule has 1 aromatic carbocycles. The van der Waals surface area contributed by atoms with Crippen molar-refractivity contribution >= 4 is 11.6 Å². The highest BCUT2D eigenvalue weighted by Crippen LogP contribution is 2.21. The minimum absolute atomic E-state index is 0.219. The average Bonchev–Trinajstić information content (AvgIpc) is 2.47. The van der Waals surface area contributed by atoms with Crippen LogP contribution in [-0.4, -0.2) is 30.1 Å². The van der Waals surface area contributed by atoms with Gasteiger partial charge in [-0.05, 0) is 50.6 Å². The maximum Gasteiger partial charge on any atom is 0.123 e. The molecule has 1 saturated heterocycles. The number of hydrogen-bond donors (Lipinski definition) is 1. The molecule has 0 aliphatic carbocycles. The van der Waals surface area contributed by atoms with Gasteiger partial charge in [0.1, 0.15) is 5.82 Å². The van der Waals surface area contributed by atoms with Crippen molar-refractivity contribution in [2.45, 2.75) is 38.9 Å². The Morgan fingerprint density at radius 2 is 2.22 bits per heavy atom. The van der Waals surface area contributed by atoms with Gasteiger partial charge in [0.15, 0.2) is 0 Å². The molecule has 4 heteroatoms. The zero-order valence-electron chi connectivity index (χ0n) is 10.9. The zero-order valence-corrected chi connectivity index (χ0v) is 11.7. The standard InChI is InChI=1S/C14H20ClFN2/c1-10-8-18(11(2)5-6-17-10)9-12-7-13(16)3-4-14(12)15/h3-4,7,10-11,17H,5-6,8-9H2,1-2H3. The predicted octanol–water partition coefficient (Wildman–Crippen LogP) is 3.05. The quantitative estimate of drug-likeness (QED) is 0.889. The van der Waals surface area contributed by atoms with Gasteiger partial charge in [-0.15, -0.1) is 0 Å². The molecule has 0 amide bonds. The molecule has 1 heterocycles. The van der Waals surface area contributed by atoms with Gasteiger partial charge in [-0.3, -0.25) is 4.90 Å². The molecule has 0 saturated carbocycles. The van der Waals surface area contributed by atoms with Crippen LogP contribution >= 0.6 is 11.6 Å². The Hall–Kier alpha value is -0.640. The summed E-state index contributed by atoms with van der Waals surface area (Å²) in [5, 5.41) is 4.11. The van der Waals surface area contributed by atoms with Gasteiger partial charge in [-0.1, -0.05) is 11.6 Å². The van der Waals surface area contributed by atoms with E-state index in [1.807, 2.05) is 0 Å². The van der Waals surface area contributed by atoms with E-state index in [1.165, 1.54) is 12.1 Å². The summed E-state index contributed by atoms with van der Waals surface area (Å²) in [5.41, 5.74) is 0.873. The van der Waals surface area contributed by atoms with Crippen molar-refractivity contribution in [2.75, 3.05) is 13.1 Å². The number of halogens is 2. The van der Waals surface area contributed by atoms with Crippen molar-refractivity contribution in [2.24, 2.45) is 0 Å². The van der Waals surface area contributed by atoms with E-state index in [4.69, 9.17) is 11.6 Å². The third-order valence-electron chi connectivity index (χ3n) is 3.57. The first-order valence-corrected chi connectivity index (χ1v) is 6.85. The second-order valence-corrected chi connectivity index (χ2v) is 5.57. The molecule has 1 aliphatic heterocycles. The Bertz CT molecular complexity index is 411. The number of hydrogen-bond acceptors (Lipinski definition) is 2. The summed E-state index contributed by atoms with van der Waals surface area (Å²) in [4.78, 5) is 2.37. The van der Waals surface area contributed by atoms with Gasteiger partial charge >= 0.3 is 0 Å². The van der Waals surface area contributed by atoms with Gasteiger partial charge in [0.05, 0.1) is 0 Å². The van der Waals surface area contributed by atoms with E-state index in [0.29, 0.717) is 23.7 Å². The molecule has 1 aliphatic rings. The zero-order chi connectivity index (χ0) is 13.1. The predicted molar refractivity (Wildman–Crippen MR) is 73.4 cm³/mol. The lowest BCUT2D eigenvalue weighted by molar-refractivity contribution is 0.198. The Balaban J connectivity index is 2.13. The van der Waals surface area contributed by atoms with Gasteiger partial charge < -0.3 is 5.32 Å². The van der Waals surface area contributed by atoms with E-state index >= 15 is 0 Å². The molecule has 2 atom stereocenters. The summed E-state index contributed by atoms with van der Waals surface area (Å²) in [5.74, 6) is -0.219. The van der Waals surface area contributed by atoms with Crippen LogP contribution in [0, 0.1) is 5.82 Å². The maximum absolute atomic E-state index is 13.3. The lowest BCUT2D eigenvalue weighted by atomic mass is 10.1. The first-order valence-electron chi connectivity index (χ1n) is 6.47. The highest BCUT2D eigenvalue weighted by molar-refractivity contribution is 6.31. The number of nitrogens with zero attached hydrogens (tertiary/aromatic N) is 1. The summed E-state index contributed by atoms with van der Waals surface area (Å²) in [7, 11) is 0. The van der Waals surface area contributed by atoms with Crippen LogP contribution in [0.2, 0.25) is 5.02 Å². The molecule has 18 heavy (non-hydrogen) atoms. The van der Waals surface area contributed by atoms with Crippen LogP contribution in [0.25, 0.3) is 0 Å². The van der Waals surface area contributed by atoms with Gasteiger partial charge in [0.2, 0.25) is 0 Å². The molecular formula is C14H20ClFN2. The first kappa shape index (κ1) is 13.8. The van der Waals surface area contributed by atoms with Crippen LogP contribution in [0.4, 0.5) is 4.39 Å². The molecule has 0 bridgehead atoms.